The maximum Gasteiger partial charge on any atom is 0.270 e. The zero-order valence-corrected chi connectivity index (χ0v) is 15.9. The molecule has 0 atom stereocenters. The van der Waals surface area contributed by atoms with Gasteiger partial charge in [-0.15, -0.1) is 0 Å². The predicted molar refractivity (Wildman–Crippen MR) is 107 cm³/mol. The Hall–Kier alpha value is -2.50. The molecule has 1 saturated heterocycles. The Labute approximate surface area is 166 Å². The number of aromatic nitrogens is 1. The molecule has 1 fully saturated rings. The second-order valence-corrected chi connectivity index (χ2v) is 7.32. The molecular weight excluding hydrogens is 385 g/mol. The highest BCUT2D eigenvalue weighted by atomic mass is 35.5. The number of nitrogens with one attached hydrogen (secondary N) is 1. The van der Waals surface area contributed by atoms with E-state index in [1.165, 1.54) is 0 Å². The number of hydrogen-bond donors (Lipinski definition) is 1. The minimum atomic E-state index is -0.144. The fourth-order valence-corrected chi connectivity index (χ4v) is 3.79. The average molecular weight is 402 g/mol. The smallest absolute Gasteiger partial charge is 0.270 e. The Bertz CT molecular complexity index is 990. The SMILES string of the molecule is O=C(c1cc2ccccc2[nH]1)N1CCN(C(=O)c2ccc(Cl)cc2Cl)CC1. The number of benzene rings is 2. The summed E-state index contributed by atoms with van der Waals surface area (Å²) in [5.74, 6) is -0.197. The van der Waals surface area contributed by atoms with E-state index in [0.717, 1.165) is 10.9 Å². The first-order chi connectivity index (χ1) is 13.0. The molecule has 2 aromatic carbocycles. The number of hydrogen-bond acceptors (Lipinski definition) is 2. The normalized spacial score (nSPS) is 14.6. The van der Waals surface area contributed by atoms with Crippen LogP contribution in [0.4, 0.5) is 0 Å². The van der Waals surface area contributed by atoms with Crippen LogP contribution >= 0.6 is 23.2 Å². The van der Waals surface area contributed by atoms with Crippen LogP contribution in [-0.2, 0) is 0 Å². The van der Waals surface area contributed by atoms with Gasteiger partial charge in [-0.25, -0.2) is 0 Å². The Morgan fingerprint density at radius 2 is 1.52 bits per heavy atom. The van der Waals surface area contributed by atoms with Crippen LogP contribution in [0.25, 0.3) is 10.9 Å². The van der Waals surface area contributed by atoms with E-state index in [4.69, 9.17) is 23.2 Å². The highest BCUT2D eigenvalue weighted by Gasteiger charge is 2.27. The van der Waals surface area contributed by atoms with Crippen molar-refractivity contribution in [2.24, 2.45) is 0 Å². The van der Waals surface area contributed by atoms with Gasteiger partial charge in [0.2, 0.25) is 0 Å². The first-order valence-electron chi connectivity index (χ1n) is 8.64. The van der Waals surface area contributed by atoms with Gasteiger partial charge in [0, 0.05) is 42.1 Å². The summed E-state index contributed by atoms with van der Waals surface area (Å²) in [6, 6.07) is 14.5. The molecule has 2 amide bonds. The first-order valence-corrected chi connectivity index (χ1v) is 9.40. The molecule has 1 aliphatic rings. The van der Waals surface area contributed by atoms with Crippen LogP contribution in [0.3, 0.4) is 0 Å². The Balaban J connectivity index is 1.43. The van der Waals surface area contributed by atoms with E-state index in [-0.39, 0.29) is 11.8 Å². The summed E-state index contributed by atoms with van der Waals surface area (Å²) in [4.78, 5) is 32.1. The predicted octanol–water partition coefficient (Wildman–Crippen LogP) is 4.07. The van der Waals surface area contributed by atoms with Gasteiger partial charge in [0.05, 0.1) is 10.6 Å². The van der Waals surface area contributed by atoms with Crippen molar-refractivity contribution in [2.45, 2.75) is 0 Å². The molecule has 0 radical (unpaired) electrons. The number of rotatable bonds is 2. The van der Waals surface area contributed by atoms with Gasteiger partial charge in [-0.2, -0.15) is 0 Å². The fraction of sp³-hybridized carbons (Fsp3) is 0.200. The quantitative estimate of drug-likeness (QED) is 0.703. The first kappa shape index (κ1) is 17.9. The van der Waals surface area contributed by atoms with E-state index in [1.54, 1.807) is 28.0 Å². The molecule has 2 heterocycles. The van der Waals surface area contributed by atoms with E-state index in [0.29, 0.717) is 47.5 Å². The third-order valence-corrected chi connectivity index (χ3v) is 5.32. The van der Waals surface area contributed by atoms with Crippen LogP contribution < -0.4 is 0 Å². The number of H-pyrrole nitrogens is 1. The largest absolute Gasteiger partial charge is 0.351 e. The van der Waals surface area contributed by atoms with Crippen molar-refractivity contribution in [1.82, 2.24) is 14.8 Å². The number of piperazine rings is 1. The number of carbonyl (C=O) groups is 2. The van der Waals surface area contributed by atoms with Crippen LogP contribution in [0, 0.1) is 0 Å². The molecule has 27 heavy (non-hydrogen) atoms. The molecule has 5 nitrogen and oxygen atoms in total. The van der Waals surface area contributed by atoms with E-state index in [9.17, 15) is 9.59 Å². The average Bonchev–Trinajstić information content (AvgIpc) is 3.11. The van der Waals surface area contributed by atoms with Crippen LogP contribution in [-0.4, -0.2) is 52.8 Å². The lowest BCUT2D eigenvalue weighted by molar-refractivity contribution is 0.0533. The van der Waals surface area contributed by atoms with Crippen molar-refractivity contribution in [3.05, 3.63) is 69.8 Å². The fourth-order valence-electron chi connectivity index (χ4n) is 3.30. The zero-order valence-electron chi connectivity index (χ0n) is 14.4. The summed E-state index contributed by atoms with van der Waals surface area (Å²) in [7, 11) is 0. The summed E-state index contributed by atoms with van der Waals surface area (Å²) in [6.45, 7) is 1.88. The third kappa shape index (κ3) is 3.53. The molecule has 1 aliphatic heterocycles. The lowest BCUT2D eigenvalue weighted by Crippen LogP contribution is -2.50. The number of nitrogens with zero attached hydrogens (tertiary/aromatic N) is 2. The highest BCUT2D eigenvalue weighted by molar-refractivity contribution is 6.36. The number of halogens is 2. The van der Waals surface area contributed by atoms with Gasteiger partial charge >= 0.3 is 0 Å². The van der Waals surface area contributed by atoms with Crippen molar-refractivity contribution < 1.29 is 9.59 Å². The minimum Gasteiger partial charge on any atom is -0.351 e. The van der Waals surface area contributed by atoms with Crippen molar-refractivity contribution in [2.75, 3.05) is 26.2 Å². The Kier molecular flexibility index (Phi) is 4.81. The van der Waals surface area contributed by atoms with Gasteiger partial charge in [-0.05, 0) is 30.3 Å². The topological polar surface area (TPSA) is 56.4 Å². The van der Waals surface area contributed by atoms with Crippen LogP contribution in [0.2, 0.25) is 10.0 Å². The van der Waals surface area contributed by atoms with Gasteiger partial charge in [0.1, 0.15) is 5.69 Å². The van der Waals surface area contributed by atoms with Gasteiger partial charge < -0.3 is 14.8 Å². The number of aromatic amines is 1. The number of para-hydroxylation sites is 1. The highest BCUT2D eigenvalue weighted by Crippen LogP contribution is 2.23. The maximum absolute atomic E-state index is 12.8. The standard InChI is InChI=1S/C20H17Cl2N3O2/c21-14-5-6-15(16(22)12-14)19(26)24-7-9-25(10-8-24)20(27)18-11-13-3-1-2-4-17(13)23-18/h1-6,11-12,23H,7-10H2. The zero-order chi connectivity index (χ0) is 19.0. The number of carbonyl (C=O) groups excluding carboxylic acids is 2. The molecule has 4 rings (SSSR count). The number of amides is 2. The molecule has 0 spiro atoms. The molecular formula is C20H17Cl2N3O2. The van der Waals surface area contributed by atoms with Gasteiger partial charge in [0.15, 0.2) is 0 Å². The lowest BCUT2D eigenvalue weighted by atomic mass is 10.1. The molecule has 7 heteroatoms. The molecule has 0 aliphatic carbocycles. The van der Waals surface area contributed by atoms with E-state index < -0.39 is 0 Å². The van der Waals surface area contributed by atoms with Crippen molar-refractivity contribution in [1.29, 1.82) is 0 Å². The van der Waals surface area contributed by atoms with Gasteiger partial charge in [-0.3, -0.25) is 9.59 Å². The molecule has 1 N–H and O–H groups in total. The molecule has 138 valence electrons. The Morgan fingerprint density at radius 3 is 2.19 bits per heavy atom. The summed E-state index contributed by atoms with van der Waals surface area (Å²) < 4.78 is 0. The second kappa shape index (κ2) is 7.25. The molecule has 0 unspecified atom stereocenters. The van der Waals surface area contributed by atoms with Gasteiger partial charge in [0.25, 0.3) is 11.8 Å². The van der Waals surface area contributed by atoms with Crippen molar-refractivity contribution in [3.63, 3.8) is 0 Å². The lowest BCUT2D eigenvalue weighted by Gasteiger charge is -2.34. The van der Waals surface area contributed by atoms with Crippen molar-refractivity contribution in [3.8, 4) is 0 Å². The monoisotopic (exact) mass is 401 g/mol. The molecule has 1 aromatic heterocycles. The molecule has 3 aromatic rings. The summed E-state index contributed by atoms with van der Waals surface area (Å²) in [5, 5.41) is 1.83. The summed E-state index contributed by atoms with van der Waals surface area (Å²) in [5.41, 5.74) is 1.93. The van der Waals surface area contributed by atoms with E-state index in [2.05, 4.69) is 4.98 Å². The van der Waals surface area contributed by atoms with E-state index in [1.807, 2.05) is 30.3 Å². The van der Waals surface area contributed by atoms with Crippen molar-refractivity contribution >= 4 is 45.9 Å². The minimum absolute atomic E-state index is 0.0529. The molecule has 0 saturated carbocycles. The van der Waals surface area contributed by atoms with E-state index >= 15 is 0 Å². The Morgan fingerprint density at radius 1 is 0.852 bits per heavy atom. The van der Waals surface area contributed by atoms with Gasteiger partial charge in [-0.1, -0.05) is 41.4 Å². The maximum atomic E-state index is 12.8. The number of fused-ring (bicyclic) bond motifs is 1. The van der Waals surface area contributed by atoms with Crippen LogP contribution in [0.1, 0.15) is 20.8 Å². The summed E-state index contributed by atoms with van der Waals surface area (Å²) in [6.07, 6.45) is 0. The van der Waals surface area contributed by atoms with Crippen LogP contribution in [0.5, 0.6) is 0 Å². The molecule has 0 bridgehead atoms. The second-order valence-electron chi connectivity index (χ2n) is 6.48. The summed E-state index contributed by atoms with van der Waals surface area (Å²) >= 11 is 12.0. The third-order valence-electron chi connectivity index (χ3n) is 4.78. The van der Waals surface area contributed by atoms with Crippen LogP contribution in [0.15, 0.2) is 48.5 Å².